The minimum Gasteiger partial charge on any atom is -0.508 e. The first kappa shape index (κ1) is 59.8. The molecule has 0 radical (unpaired) electrons. The smallest absolute Gasteiger partial charge is 0.319 e. The Kier molecular flexibility index (Phi) is 17.4. The number of hydrogen-bond acceptors (Lipinski definition) is 18. The Morgan fingerprint density at radius 1 is 0.862 bits per heavy atom. The number of phenols is 1. The minimum absolute atomic E-state index is 0.0350. The average Bonchev–Trinajstić information content (AvgIpc) is 2.69. The van der Waals surface area contributed by atoms with E-state index in [1.807, 2.05) is 82.6 Å². The summed E-state index contributed by atoms with van der Waals surface area (Å²) >= 11 is 1.58. The zero-order valence-corrected chi connectivity index (χ0v) is 51.3. The van der Waals surface area contributed by atoms with Gasteiger partial charge in [0.15, 0.2) is 5.82 Å². The molecular formula is C65H79FN14O6S. The molecule has 5 saturated heterocycles. The molecule has 20 nitrogen and oxygen atoms in total. The van der Waals surface area contributed by atoms with Crippen LogP contribution < -0.4 is 30.5 Å². The number of β-amino-alcohol motifs (C(OH)–C–C–N with tert-alkyl or cyclic N) is 1. The standard InChI is InChI=1S/C65H79FN14O6S/c1-7-41-9-8-10-44-27-47(81)28-49(54(41)44)56-55(66)57-50(30-69-56)60(79-34-45-15-16-46(35-79)72-45)75-64(73-57)86-26-25-76-19-17-40(18-20-76)33-77-21-23-78(24-22-77)53-32-67-51(31-68-53)61(83)74-59(65(4,5)6)63(85)80-36-48(82)29-52(80)62(84)71-38(2)42-11-13-43(14-12-42)58-39(3)70-37-87-58/h8-14,27-28,30-32,37-38,40,45-46,48,52,59,72,81-82H,7,15-26,29,33-36H2,1-6H3,(H,71,84)(H,74,83)/t38-,45?,46?,48+,52-,59+/m0/s1. The van der Waals surface area contributed by atoms with E-state index in [9.17, 15) is 24.6 Å². The molecule has 0 spiro atoms. The van der Waals surface area contributed by atoms with Crippen LogP contribution in [0.25, 0.3) is 43.4 Å². The van der Waals surface area contributed by atoms with Gasteiger partial charge in [0.05, 0.1) is 46.0 Å². The summed E-state index contributed by atoms with van der Waals surface area (Å²) in [5.74, 6) is -0.0701. The Morgan fingerprint density at radius 2 is 1.62 bits per heavy atom. The summed E-state index contributed by atoms with van der Waals surface area (Å²) in [6, 6.07) is 15.6. The number of carbonyl (C=O) groups excluding carboxylic acids is 3. The molecule has 3 aromatic carbocycles. The van der Waals surface area contributed by atoms with Crippen molar-refractivity contribution in [3.63, 3.8) is 0 Å². The van der Waals surface area contributed by atoms with Crippen LogP contribution in [0.5, 0.6) is 11.8 Å². The van der Waals surface area contributed by atoms with Gasteiger partial charge in [0.2, 0.25) is 11.8 Å². The van der Waals surface area contributed by atoms with Crippen molar-refractivity contribution in [3.05, 3.63) is 107 Å². The number of aryl methyl sites for hydroxylation is 2. The number of piperazine rings is 2. The zero-order chi connectivity index (χ0) is 60.7. The molecule has 22 heteroatoms. The number of aromatic nitrogens is 6. The van der Waals surface area contributed by atoms with Gasteiger partial charge in [0.25, 0.3) is 5.91 Å². The number of benzene rings is 3. The number of piperidine rings is 1. The molecule has 3 amide bonds. The number of likely N-dealkylation sites (tertiary alicyclic amines) is 2. The van der Waals surface area contributed by atoms with E-state index in [1.54, 1.807) is 35.9 Å². The van der Waals surface area contributed by atoms with Gasteiger partial charge in [-0.25, -0.2) is 19.3 Å². The number of thiazole rings is 1. The fourth-order valence-electron chi connectivity index (χ4n) is 13.5. The molecule has 5 fully saturated rings. The zero-order valence-electron chi connectivity index (χ0n) is 50.5. The molecule has 0 aliphatic carbocycles. The summed E-state index contributed by atoms with van der Waals surface area (Å²) in [6.07, 6.45) is 8.93. The van der Waals surface area contributed by atoms with Crippen molar-refractivity contribution < 1.29 is 33.7 Å². The number of nitrogens with zero attached hydrogens (tertiary/aromatic N) is 11. The van der Waals surface area contributed by atoms with Crippen LogP contribution in [0.3, 0.4) is 0 Å². The summed E-state index contributed by atoms with van der Waals surface area (Å²) in [5.41, 5.74) is 5.88. The lowest BCUT2D eigenvalue weighted by Gasteiger charge is -2.39. The number of aliphatic hydroxyl groups is 1. The fraction of sp³-hybridized carbons (Fsp3) is 0.492. The summed E-state index contributed by atoms with van der Waals surface area (Å²) in [7, 11) is 0. The number of aromatic hydroxyl groups is 1. The van der Waals surface area contributed by atoms with E-state index in [2.05, 4.69) is 57.4 Å². The number of rotatable bonds is 17. The van der Waals surface area contributed by atoms with Crippen molar-refractivity contribution in [2.45, 2.75) is 116 Å². The lowest BCUT2D eigenvalue weighted by atomic mass is 9.85. The topological polar surface area (TPSA) is 231 Å². The summed E-state index contributed by atoms with van der Waals surface area (Å²) in [4.78, 5) is 81.8. The van der Waals surface area contributed by atoms with E-state index in [0.29, 0.717) is 53.7 Å². The number of amides is 3. The van der Waals surface area contributed by atoms with Crippen LogP contribution in [0.2, 0.25) is 0 Å². The van der Waals surface area contributed by atoms with Crippen molar-refractivity contribution in [3.8, 4) is 33.5 Å². The highest BCUT2D eigenvalue weighted by molar-refractivity contribution is 7.13. The van der Waals surface area contributed by atoms with Crippen molar-refractivity contribution in [2.75, 3.05) is 88.4 Å². The molecule has 5 aliphatic rings. The molecule has 7 aromatic rings. The highest BCUT2D eigenvalue weighted by Crippen LogP contribution is 2.40. The molecule has 458 valence electrons. The Hall–Kier alpha value is -7.50. The highest BCUT2D eigenvalue weighted by Gasteiger charge is 2.45. The second-order valence-corrected chi connectivity index (χ2v) is 26.2. The Bertz CT molecular complexity index is 3630. The van der Waals surface area contributed by atoms with E-state index in [1.165, 1.54) is 11.1 Å². The van der Waals surface area contributed by atoms with Crippen LogP contribution in [-0.4, -0.2) is 181 Å². The first-order chi connectivity index (χ1) is 41.9. The number of ether oxygens (including phenoxy) is 1. The molecule has 9 heterocycles. The van der Waals surface area contributed by atoms with Crippen LogP contribution in [0, 0.1) is 24.1 Å². The van der Waals surface area contributed by atoms with E-state index in [0.717, 1.165) is 129 Å². The molecule has 12 rings (SSSR count). The molecule has 0 saturated carbocycles. The number of nitrogens with one attached hydrogen (secondary N) is 3. The number of aliphatic hydroxyl groups excluding tert-OH is 1. The average molecular weight is 1200 g/mol. The fourth-order valence-corrected chi connectivity index (χ4v) is 14.3. The third-order valence-electron chi connectivity index (χ3n) is 18.3. The maximum Gasteiger partial charge on any atom is 0.319 e. The van der Waals surface area contributed by atoms with Gasteiger partial charge >= 0.3 is 6.01 Å². The molecule has 6 atom stereocenters. The Balaban J connectivity index is 0.616. The van der Waals surface area contributed by atoms with Crippen molar-refractivity contribution >= 4 is 62.4 Å². The van der Waals surface area contributed by atoms with Crippen molar-refractivity contribution in [1.29, 1.82) is 0 Å². The Morgan fingerprint density at radius 3 is 2.31 bits per heavy atom. The maximum atomic E-state index is 17.1. The van der Waals surface area contributed by atoms with Crippen LogP contribution in [-0.2, 0) is 16.0 Å². The number of hydrogen-bond donors (Lipinski definition) is 5. The lowest BCUT2D eigenvalue weighted by Crippen LogP contribution is -2.58. The van der Waals surface area contributed by atoms with E-state index >= 15 is 4.39 Å². The summed E-state index contributed by atoms with van der Waals surface area (Å²) in [5, 5.41) is 33.4. The van der Waals surface area contributed by atoms with Crippen LogP contribution >= 0.6 is 11.3 Å². The van der Waals surface area contributed by atoms with Crippen molar-refractivity contribution in [2.24, 2.45) is 11.3 Å². The molecular weight excluding hydrogens is 1120 g/mol. The van der Waals surface area contributed by atoms with Crippen LogP contribution in [0.4, 0.5) is 16.0 Å². The van der Waals surface area contributed by atoms with Gasteiger partial charge in [-0.1, -0.05) is 70.2 Å². The number of carbonyl (C=O) groups is 3. The predicted octanol–water partition coefficient (Wildman–Crippen LogP) is 7.31. The van der Waals surface area contributed by atoms with Crippen LogP contribution in [0.1, 0.15) is 100 Å². The van der Waals surface area contributed by atoms with Gasteiger partial charge in [0.1, 0.15) is 53.0 Å². The molecule has 2 bridgehead atoms. The quantitative estimate of drug-likeness (QED) is 0.0602. The van der Waals surface area contributed by atoms with Gasteiger partial charge in [-0.05, 0) is 110 Å². The van der Waals surface area contributed by atoms with E-state index in [4.69, 9.17) is 19.7 Å². The van der Waals surface area contributed by atoms with E-state index in [-0.39, 0.29) is 53.6 Å². The first-order valence-corrected chi connectivity index (χ1v) is 31.7. The van der Waals surface area contributed by atoms with Crippen LogP contribution in [0.15, 0.2) is 78.7 Å². The van der Waals surface area contributed by atoms with E-state index < -0.39 is 41.2 Å². The summed E-state index contributed by atoms with van der Waals surface area (Å²) in [6.45, 7) is 20.1. The second-order valence-electron chi connectivity index (χ2n) is 25.4. The highest BCUT2D eigenvalue weighted by atomic mass is 32.1. The monoisotopic (exact) mass is 1200 g/mol. The number of phenolic OH excluding ortho intramolecular Hbond substituents is 1. The molecule has 5 aliphatic heterocycles. The van der Waals surface area contributed by atoms with Gasteiger partial charge < -0.3 is 45.6 Å². The molecule has 5 N–H and O–H groups in total. The Labute approximate surface area is 511 Å². The lowest BCUT2D eigenvalue weighted by molar-refractivity contribution is -0.142. The third kappa shape index (κ3) is 12.9. The van der Waals surface area contributed by atoms with Gasteiger partial charge in [-0.15, -0.1) is 11.3 Å². The first-order valence-electron chi connectivity index (χ1n) is 30.8. The largest absolute Gasteiger partial charge is 0.508 e. The van der Waals surface area contributed by atoms with Gasteiger partial charge in [-0.2, -0.15) is 9.97 Å². The normalized spacial score (nSPS) is 21.2. The second kappa shape index (κ2) is 25.3. The minimum atomic E-state index is -1.03. The van der Waals surface area contributed by atoms with Gasteiger partial charge in [0, 0.05) is 89.2 Å². The number of halogens is 1. The SMILES string of the molecule is CCc1cccc2cc(O)cc(-c3ncc4c(N5CC6CCC(C5)N6)nc(OCCN5CCC(CN6CCN(c7cnc(C(=O)N[C@H](C(=O)N8C[C@H](O)C[C@H]8C(=O)N[C@@H](C)c8ccc(-c9scnc9C)cc8)C(C)(C)C)cn7)CC6)CC5)nc4c3F)c12. The molecule has 4 aromatic heterocycles. The third-order valence-corrected chi connectivity index (χ3v) is 19.3. The number of fused-ring (bicyclic) bond motifs is 4. The van der Waals surface area contributed by atoms with Crippen molar-refractivity contribution in [1.82, 2.24) is 60.6 Å². The number of pyridine rings is 1. The molecule has 2 unspecified atom stereocenters. The maximum absolute atomic E-state index is 17.1. The van der Waals surface area contributed by atoms with Gasteiger partial charge in [-0.3, -0.25) is 29.2 Å². The number of anilines is 2. The predicted molar refractivity (Wildman–Crippen MR) is 334 cm³/mol. The molecule has 87 heavy (non-hydrogen) atoms. The summed E-state index contributed by atoms with van der Waals surface area (Å²) < 4.78 is 23.5.